The van der Waals surface area contributed by atoms with Gasteiger partial charge < -0.3 is 24.4 Å². The number of esters is 1. The zero-order valence-corrected chi connectivity index (χ0v) is 25.0. The van der Waals surface area contributed by atoms with Crippen LogP contribution in [0, 0.1) is 10.8 Å². The molecule has 4 rings (SSSR count). The normalized spacial score (nSPS) is 36.2. The first-order valence-electron chi connectivity index (χ1n) is 15.9. The predicted molar refractivity (Wildman–Crippen MR) is 154 cm³/mol. The number of carbonyl (C=O) groups is 2. The summed E-state index contributed by atoms with van der Waals surface area (Å²) >= 11 is 0. The molecule has 2 aliphatic carbocycles. The van der Waals surface area contributed by atoms with Crippen molar-refractivity contribution in [3.8, 4) is 0 Å². The summed E-state index contributed by atoms with van der Waals surface area (Å²) in [5.74, 6) is -0.642. The number of Topliss-reactive ketones (excluding diaryl/α,β-unsaturated/α-hetero) is 1. The van der Waals surface area contributed by atoms with E-state index in [1.807, 2.05) is 6.92 Å². The summed E-state index contributed by atoms with van der Waals surface area (Å²) in [6.07, 6.45) is 19.7. The Morgan fingerprint density at radius 1 is 1.05 bits per heavy atom. The lowest BCUT2D eigenvalue weighted by atomic mass is 9.50. The molecular formula is C33H52O7. The van der Waals surface area contributed by atoms with Gasteiger partial charge in [0.1, 0.15) is 23.9 Å². The molecule has 2 saturated heterocycles. The Morgan fingerprint density at radius 2 is 1.65 bits per heavy atom. The molecule has 40 heavy (non-hydrogen) atoms. The smallest absolute Gasteiger partial charge is 0.306 e. The Bertz CT molecular complexity index is 937. The number of rotatable bonds is 17. The molecule has 7 nitrogen and oxygen atoms in total. The largest absolute Gasteiger partial charge is 0.459 e. The molecule has 2 N–H and O–H groups in total. The Morgan fingerprint density at radius 3 is 2.25 bits per heavy atom. The van der Waals surface area contributed by atoms with Crippen LogP contribution in [0.1, 0.15) is 117 Å². The second kappa shape index (κ2) is 13.6. The first-order valence-corrected chi connectivity index (χ1v) is 15.9. The van der Waals surface area contributed by atoms with Crippen LogP contribution in [0.4, 0.5) is 0 Å². The summed E-state index contributed by atoms with van der Waals surface area (Å²) in [6.45, 7) is 5.84. The summed E-state index contributed by atoms with van der Waals surface area (Å²) in [5.41, 5.74) is -2.35. The molecule has 1 unspecified atom stereocenters. The minimum Gasteiger partial charge on any atom is -0.459 e. The molecule has 0 radical (unpaired) electrons. The van der Waals surface area contributed by atoms with Gasteiger partial charge in [-0.2, -0.15) is 0 Å². The number of carbonyl (C=O) groups excluding carboxylic acids is 2. The molecule has 1 saturated carbocycles. The molecule has 3 fully saturated rings. The first kappa shape index (κ1) is 31.4. The van der Waals surface area contributed by atoms with Gasteiger partial charge in [-0.3, -0.25) is 9.59 Å². The maximum absolute atomic E-state index is 12.8. The molecule has 2 bridgehead atoms. The van der Waals surface area contributed by atoms with Crippen molar-refractivity contribution in [2.45, 2.75) is 147 Å². The molecule has 0 aromatic carbocycles. The number of epoxide rings is 1. The van der Waals surface area contributed by atoms with E-state index in [4.69, 9.17) is 14.2 Å². The predicted octanol–water partition coefficient (Wildman–Crippen LogP) is 5.75. The van der Waals surface area contributed by atoms with E-state index in [-0.39, 0.29) is 5.97 Å². The van der Waals surface area contributed by atoms with E-state index in [0.29, 0.717) is 25.0 Å². The van der Waals surface area contributed by atoms with Crippen molar-refractivity contribution in [1.82, 2.24) is 0 Å². The van der Waals surface area contributed by atoms with E-state index in [9.17, 15) is 19.8 Å². The number of hydrogen-bond acceptors (Lipinski definition) is 7. The molecule has 0 amide bonds. The van der Waals surface area contributed by atoms with Crippen LogP contribution >= 0.6 is 0 Å². The van der Waals surface area contributed by atoms with Gasteiger partial charge in [0.2, 0.25) is 0 Å². The van der Waals surface area contributed by atoms with Gasteiger partial charge in [0, 0.05) is 11.8 Å². The third kappa shape index (κ3) is 5.86. The zero-order chi connectivity index (χ0) is 28.8. The van der Waals surface area contributed by atoms with Crippen molar-refractivity contribution in [3.63, 3.8) is 0 Å². The van der Waals surface area contributed by atoms with E-state index in [0.717, 1.165) is 25.7 Å². The Balaban J connectivity index is 1.16. The van der Waals surface area contributed by atoms with Crippen molar-refractivity contribution in [3.05, 3.63) is 23.8 Å². The highest BCUT2D eigenvalue weighted by Gasteiger charge is 2.83. The van der Waals surface area contributed by atoms with Crippen LogP contribution in [0.15, 0.2) is 23.8 Å². The minimum absolute atomic E-state index is 0.248. The second-order valence-corrected chi connectivity index (χ2v) is 12.9. The highest BCUT2D eigenvalue weighted by atomic mass is 16.7. The third-order valence-corrected chi connectivity index (χ3v) is 10.3. The van der Waals surface area contributed by atoms with Crippen LogP contribution in [-0.2, 0) is 23.8 Å². The van der Waals surface area contributed by atoms with Gasteiger partial charge in [-0.15, -0.1) is 0 Å². The maximum Gasteiger partial charge on any atom is 0.306 e. The number of allylic oxidation sites excluding steroid dienone is 2. The van der Waals surface area contributed by atoms with Gasteiger partial charge in [0.05, 0.1) is 24.7 Å². The minimum atomic E-state index is -1.40. The molecule has 0 aromatic heterocycles. The molecule has 226 valence electrons. The van der Waals surface area contributed by atoms with Crippen LogP contribution in [0.2, 0.25) is 0 Å². The summed E-state index contributed by atoms with van der Waals surface area (Å²) in [4.78, 5) is 25.6. The van der Waals surface area contributed by atoms with Crippen molar-refractivity contribution in [2.24, 2.45) is 10.8 Å². The fraction of sp³-hybridized carbons (Fsp3) is 0.818. The molecule has 1 spiro atoms. The number of aliphatic hydroxyl groups is 2. The van der Waals surface area contributed by atoms with E-state index in [2.05, 4.69) is 19.1 Å². The Labute approximate surface area is 240 Å². The summed E-state index contributed by atoms with van der Waals surface area (Å²) in [5, 5.41) is 21.7. The SMILES string of the molecule is CCCCCCCC/C=C/CCCCCCCC(=O)O[C@@H]1C[C@@]2(C)C3(CO3)[C@@H]1O[C@@H]1C=C(C)C(=O)[C@@H](O)[C@@]12CO. The summed E-state index contributed by atoms with van der Waals surface area (Å²) in [7, 11) is 0. The van der Waals surface area contributed by atoms with Crippen molar-refractivity contribution in [2.75, 3.05) is 13.2 Å². The molecule has 2 heterocycles. The van der Waals surface area contributed by atoms with E-state index < -0.39 is 53.2 Å². The highest BCUT2D eigenvalue weighted by Crippen LogP contribution is 2.71. The molecule has 4 aliphatic rings. The van der Waals surface area contributed by atoms with Crippen molar-refractivity contribution < 1.29 is 34.0 Å². The standard InChI is InChI=1S/C33H52O7/c1-4-5-6-7-8-9-10-11-12-13-14-15-16-17-18-19-27(35)39-25-21-31(3)32(22-34)26(20-24(2)28(36)29(32)37)40-30(25)33(31)23-38-33/h11-12,20,25-26,29-30,34,37H,4-10,13-19,21-23H2,1-3H3/b12-11+/t25-,26-,29-,30-,31-,32-,33?/m1/s1. The average Bonchev–Trinajstić information content (AvgIpc) is 3.71. The van der Waals surface area contributed by atoms with E-state index in [1.165, 1.54) is 57.8 Å². The lowest BCUT2D eigenvalue weighted by Gasteiger charge is -2.58. The summed E-state index contributed by atoms with van der Waals surface area (Å²) < 4.78 is 18.3. The number of aliphatic hydroxyl groups excluding tert-OH is 2. The fourth-order valence-electron chi connectivity index (χ4n) is 7.66. The fourth-order valence-corrected chi connectivity index (χ4v) is 7.66. The van der Waals surface area contributed by atoms with Gasteiger partial charge in [0.25, 0.3) is 0 Å². The van der Waals surface area contributed by atoms with E-state index >= 15 is 0 Å². The first-order chi connectivity index (χ1) is 19.3. The monoisotopic (exact) mass is 560 g/mol. The second-order valence-electron chi connectivity index (χ2n) is 12.9. The van der Waals surface area contributed by atoms with Crippen LogP contribution < -0.4 is 0 Å². The van der Waals surface area contributed by atoms with Gasteiger partial charge >= 0.3 is 5.97 Å². The number of ketones is 1. The quantitative estimate of drug-likeness (QED) is 0.101. The number of hydrogen-bond donors (Lipinski definition) is 2. The number of fused-ring (bicyclic) bond motifs is 2. The van der Waals surface area contributed by atoms with Gasteiger partial charge in [0.15, 0.2) is 5.78 Å². The van der Waals surface area contributed by atoms with Gasteiger partial charge in [-0.1, -0.05) is 77.4 Å². The Hall–Kier alpha value is -1.54. The average molecular weight is 561 g/mol. The van der Waals surface area contributed by atoms with Crippen molar-refractivity contribution >= 4 is 11.8 Å². The highest BCUT2D eigenvalue weighted by molar-refractivity contribution is 6.00. The van der Waals surface area contributed by atoms with Crippen LogP contribution in [-0.4, -0.2) is 65.2 Å². The van der Waals surface area contributed by atoms with Gasteiger partial charge in [-0.05, 0) is 57.1 Å². The van der Waals surface area contributed by atoms with Crippen LogP contribution in [0.5, 0.6) is 0 Å². The zero-order valence-electron chi connectivity index (χ0n) is 25.0. The van der Waals surface area contributed by atoms with Crippen molar-refractivity contribution in [1.29, 1.82) is 0 Å². The molecule has 7 heteroatoms. The van der Waals surface area contributed by atoms with Crippen LogP contribution in [0.25, 0.3) is 0 Å². The lowest BCUT2D eigenvalue weighted by molar-refractivity contribution is -0.245. The number of ether oxygens (including phenoxy) is 3. The number of unbranched alkanes of at least 4 members (excludes halogenated alkanes) is 11. The van der Waals surface area contributed by atoms with E-state index in [1.54, 1.807) is 13.0 Å². The van der Waals surface area contributed by atoms with Gasteiger partial charge in [-0.25, -0.2) is 0 Å². The third-order valence-electron chi connectivity index (χ3n) is 10.3. The molecule has 2 aliphatic heterocycles. The summed E-state index contributed by atoms with van der Waals surface area (Å²) in [6, 6.07) is 0. The Kier molecular flexibility index (Phi) is 10.7. The lowest BCUT2D eigenvalue weighted by Crippen LogP contribution is -2.70. The van der Waals surface area contributed by atoms with Crippen LogP contribution in [0.3, 0.4) is 0 Å². The molecule has 0 aromatic rings. The molecule has 7 atom stereocenters. The maximum atomic E-state index is 12.8. The topological polar surface area (TPSA) is 106 Å². The molecular weight excluding hydrogens is 508 g/mol.